The summed E-state index contributed by atoms with van der Waals surface area (Å²) in [6.45, 7) is 17.2. The maximum Gasteiger partial charge on any atom is 0.0781 e. The van der Waals surface area contributed by atoms with E-state index in [1.54, 1.807) is 0 Å². The van der Waals surface area contributed by atoms with Gasteiger partial charge in [-0.05, 0) is 48.5 Å². The van der Waals surface area contributed by atoms with Gasteiger partial charge in [0.2, 0.25) is 0 Å². The lowest BCUT2D eigenvalue weighted by atomic mass is 10.2. The number of rotatable bonds is 9. The summed E-state index contributed by atoms with van der Waals surface area (Å²) in [6.07, 6.45) is 0.0817. The van der Waals surface area contributed by atoms with Gasteiger partial charge in [0.25, 0.3) is 0 Å². The fourth-order valence-corrected chi connectivity index (χ4v) is 1.30. The third-order valence-electron chi connectivity index (χ3n) is 2.14. The number of hydrogen-bond donors (Lipinski definition) is 0. The topological polar surface area (TPSA) is 36.9 Å². The van der Waals surface area contributed by atoms with Gasteiger partial charge in [-0.15, -0.1) is 0 Å². The van der Waals surface area contributed by atoms with Gasteiger partial charge in [0, 0.05) is 0 Å². The minimum Gasteiger partial charge on any atom is -0.376 e. The summed E-state index contributed by atoms with van der Waals surface area (Å²) in [5, 5.41) is 0. The molecule has 0 aliphatic heterocycles. The first kappa shape index (κ1) is 18.8. The van der Waals surface area contributed by atoms with Gasteiger partial charge < -0.3 is 18.9 Å². The molecule has 0 amide bonds. The van der Waals surface area contributed by atoms with E-state index in [0.29, 0.717) is 33.0 Å². The van der Waals surface area contributed by atoms with Gasteiger partial charge in [0.15, 0.2) is 0 Å². The molecule has 0 N–H and O–H groups in total. The minimum absolute atomic E-state index is 0.0817. The second kappa shape index (κ2) is 8.90. The second-order valence-electron chi connectivity index (χ2n) is 6.68. The molecule has 0 aliphatic rings. The Bertz CT molecular complexity index is 215. The van der Waals surface area contributed by atoms with Crippen molar-refractivity contribution in [2.45, 2.75) is 65.8 Å². The Balaban J connectivity index is 3.38. The fraction of sp³-hybridized carbons (Fsp3) is 1.00. The van der Waals surface area contributed by atoms with Crippen LogP contribution in [-0.2, 0) is 18.9 Å². The predicted octanol–water partition coefficient (Wildman–Crippen LogP) is 3.04. The standard InChI is InChI=1S/C15H32O4/c1-13(17-9-11-19-15(5,6)7)12-16-8-10-18-14(2,3)4/h13H,8-12H2,1-7H3. The second-order valence-corrected chi connectivity index (χ2v) is 6.68. The molecule has 1 atom stereocenters. The van der Waals surface area contributed by atoms with Crippen molar-refractivity contribution in [3.8, 4) is 0 Å². The molecule has 0 bridgehead atoms. The van der Waals surface area contributed by atoms with E-state index in [0.717, 1.165) is 0 Å². The predicted molar refractivity (Wildman–Crippen MR) is 77.6 cm³/mol. The van der Waals surface area contributed by atoms with Crippen molar-refractivity contribution in [3.63, 3.8) is 0 Å². The number of hydrogen-bond acceptors (Lipinski definition) is 4. The van der Waals surface area contributed by atoms with Gasteiger partial charge in [0.1, 0.15) is 0 Å². The van der Waals surface area contributed by atoms with Crippen molar-refractivity contribution in [2.75, 3.05) is 33.0 Å². The van der Waals surface area contributed by atoms with E-state index >= 15 is 0 Å². The zero-order valence-electron chi connectivity index (χ0n) is 13.7. The van der Waals surface area contributed by atoms with Crippen LogP contribution < -0.4 is 0 Å². The molecule has 0 radical (unpaired) electrons. The lowest BCUT2D eigenvalue weighted by Crippen LogP contribution is -2.25. The largest absolute Gasteiger partial charge is 0.376 e. The van der Waals surface area contributed by atoms with Gasteiger partial charge >= 0.3 is 0 Å². The fourth-order valence-electron chi connectivity index (χ4n) is 1.30. The molecule has 0 fully saturated rings. The monoisotopic (exact) mass is 276 g/mol. The van der Waals surface area contributed by atoms with Crippen LogP contribution in [0.25, 0.3) is 0 Å². The zero-order valence-corrected chi connectivity index (χ0v) is 13.7. The Kier molecular flexibility index (Phi) is 8.83. The summed E-state index contributed by atoms with van der Waals surface area (Å²) >= 11 is 0. The molecule has 19 heavy (non-hydrogen) atoms. The molecule has 0 aromatic rings. The Morgan fingerprint density at radius 1 is 0.737 bits per heavy atom. The summed E-state index contributed by atoms with van der Waals surface area (Å²) in [5.74, 6) is 0. The molecule has 1 unspecified atom stereocenters. The van der Waals surface area contributed by atoms with Crippen molar-refractivity contribution in [2.24, 2.45) is 0 Å². The molecular formula is C15H32O4. The SMILES string of the molecule is CC(COCCOC(C)(C)C)OCCOC(C)(C)C. The molecule has 0 saturated heterocycles. The lowest BCUT2D eigenvalue weighted by Gasteiger charge is -2.21. The Morgan fingerprint density at radius 3 is 1.68 bits per heavy atom. The van der Waals surface area contributed by atoms with Gasteiger partial charge in [-0.25, -0.2) is 0 Å². The highest BCUT2D eigenvalue weighted by molar-refractivity contribution is 4.59. The third-order valence-corrected chi connectivity index (χ3v) is 2.14. The summed E-state index contributed by atoms with van der Waals surface area (Å²) in [7, 11) is 0. The van der Waals surface area contributed by atoms with Crippen LogP contribution in [0.15, 0.2) is 0 Å². The van der Waals surface area contributed by atoms with E-state index < -0.39 is 0 Å². The van der Waals surface area contributed by atoms with Crippen molar-refractivity contribution >= 4 is 0 Å². The molecule has 0 aromatic heterocycles. The molecule has 0 aromatic carbocycles. The highest BCUT2D eigenvalue weighted by Crippen LogP contribution is 2.07. The van der Waals surface area contributed by atoms with E-state index in [-0.39, 0.29) is 17.3 Å². The molecule has 116 valence electrons. The summed E-state index contributed by atoms with van der Waals surface area (Å²) < 4.78 is 22.2. The number of ether oxygens (including phenoxy) is 4. The van der Waals surface area contributed by atoms with Gasteiger partial charge in [-0.3, -0.25) is 0 Å². The van der Waals surface area contributed by atoms with Crippen LogP contribution in [0, 0.1) is 0 Å². The normalized spacial score (nSPS) is 14.7. The van der Waals surface area contributed by atoms with Crippen LogP contribution in [-0.4, -0.2) is 50.3 Å². The molecule has 0 saturated carbocycles. The molecule has 0 heterocycles. The van der Waals surface area contributed by atoms with Crippen LogP contribution >= 0.6 is 0 Å². The van der Waals surface area contributed by atoms with Crippen LogP contribution in [0.2, 0.25) is 0 Å². The highest BCUT2D eigenvalue weighted by Gasteiger charge is 2.11. The maximum absolute atomic E-state index is 5.59. The lowest BCUT2D eigenvalue weighted by molar-refractivity contribution is -0.0762. The van der Waals surface area contributed by atoms with Crippen LogP contribution in [0.5, 0.6) is 0 Å². The molecule has 0 rings (SSSR count). The van der Waals surface area contributed by atoms with E-state index in [9.17, 15) is 0 Å². The Labute approximate surface area is 118 Å². The molecule has 4 nitrogen and oxygen atoms in total. The van der Waals surface area contributed by atoms with Crippen LogP contribution in [0.1, 0.15) is 48.5 Å². The van der Waals surface area contributed by atoms with E-state index in [1.807, 2.05) is 48.5 Å². The quantitative estimate of drug-likeness (QED) is 0.607. The molecule has 0 aliphatic carbocycles. The highest BCUT2D eigenvalue weighted by atomic mass is 16.6. The van der Waals surface area contributed by atoms with Crippen LogP contribution in [0.3, 0.4) is 0 Å². The molecule has 0 spiro atoms. The molecule has 4 heteroatoms. The van der Waals surface area contributed by atoms with Crippen molar-refractivity contribution in [1.29, 1.82) is 0 Å². The minimum atomic E-state index is -0.104. The molecular weight excluding hydrogens is 244 g/mol. The summed E-state index contributed by atoms with van der Waals surface area (Å²) in [4.78, 5) is 0. The summed E-state index contributed by atoms with van der Waals surface area (Å²) in [6, 6.07) is 0. The Hall–Kier alpha value is -0.160. The van der Waals surface area contributed by atoms with Gasteiger partial charge in [0.05, 0.1) is 50.3 Å². The van der Waals surface area contributed by atoms with Crippen molar-refractivity contribution in [3.05, 3.63) is 0 Å². The summed E-state index contributed by atoms with van der Waals surface area (Å²) in [5.41, 5.74) is -0.205. The first-order valence-corrected chi connectivity index (χ1v) is 7.07. The first-order valence-electron chi connectivity index (χ1n) is 7.07. The van der Waals surface area contributed by atoms with E-state index in [1.165, 1.54) is 0 Å². The van der Waals surface area contributed by atoms with E-state index in [4.69, 9.17) is 18.9 Å². The average molecular weight is 276 g/mol. The maximum atomic E-state index is 5.59. The first-order chi connectivity index (χ1) is 8.60. The average Bonchev–Trinajstić information content (AvgIpc) is 2.21. The van der Waals surface area contributed by atoms with Gasteiger partial charge in [-0.1, -0.05) is 0 Å². The van der Waals surface area contributed by atoms with Gasteiger partial charge in [-0.2, -0.15) is 0 Å². The Morgan fingerprint density at radius 2 is 1.21 bits per heavy atom. The van der Waals surface area contributed by atoms with E-state index in [2.05, 4.69) is 0 Å². The van der Waals surface area contributed by atoms with Crippen molar-refractivity contribution in [1.82, 2.24) is 0 Å². The van der Waals surface area contributed by atoms with Crippen molar-refractivity contribution < 1.29 is 18.9 Å². The third kappa shape index (κ3) is 15.8. The zero-order chi connectivity index (χ0) is 14.9. The smallest absolute Gasteiger partial charge is 0.0781 e. The van der Waals surface area contributed by atoms with Crippen LogP contribution in [0.4, 0.5) is 0 Å².